The summed E-state index contributed by atoms with van der Waals surface area (Å²) in [4.78, 5) is 34.3. The number of carbonyl (C=O) groups is 1. The monoisotopic (exact) mass is 666 g/mol. The van der Waals surface area contributed by atoms with Gasteiger partial charge in [0.15, 0.2) is 16.3 Å². The Morgan fingerprint density at radius 2 is 1.74 bits per heavy atom. The lowest BCUT2D eigenvalue weighted by Gasteiger charge is -2.26. The van der Waals surface area contributed by atoms with Gasteiger partial charge >= 0.3 is 5.97 Å². The summed E-state index contributed by atoms with van der Waals surface area (Å²) >= 11 is 2.86. The minimum absolute atomic E-state index is 0.179. The van der Waals surface area contributed by atoms with Crippen LogP contribution in [0.5, 0.6) is 11.5 Å². The predicted octanol–water partition coefficient (Wildman–Crippen LogP) is 6.38. The van der Waals surface area contributed by atoms with Gasteiger partial charge in [0.2, 0.25) is 0 Å². The number of aromatic nitrogens is 1. The number of hydrogen-bond donors (Lipinski definition) is 0. The fourth-order valence-electron chi connectivity index (χ4n) is 5.33. The lowest BCUT2D eigenvalue weighted by atomic mass is 9.93. The fraction of sp³-hybridized carbons (Fsp3) is 0.162. The Hall–Kier alpha value is -4.93. The molecule has 0 saturated carbocycles. The van der Waals surface area contributed by atoms with Gasteiger partial charge in [-0.15, -0.1) is 11.8 Å². The highest BCUT2D eigenvalue weighted by Gasteiger charge is 2.35. The molecule has 0 bridgehead atoms. The molecule has 1 aromatic heterocycles. The number of thiazole rings is 1. The number of carbonyl (C=O) groups excluding carboxylic acids is 1. The Kier molecular flexibility index (Phi) is 9.70. The van der Waals surface area contributed by atoms with E-state index in [0.717, 1.165) is 27.1 Å². The zero-order chi connectivity index (χ0) is 32.9. The standard InChI is InChI=1S/C37H31FN2O5S2/c1-4-44-36(42)32-33(25-8-6-5-7-9-25)39-37-40(34(32)26-13-17-28(46-3)18-14-26)35(41)31(47-37)21-24-12-19-29(30(20-24)43-2)45-22-23-10-15-27(38)16-11-23/h5-21,34H,4,22H2,1-3H3/b31-21-/t34-/m0/s1. The number of fused-ring (bicyclic) bond motifs is 1. The summed E-state index contributed by atoms with van der Waals surface area (Å²) < 4.78 is 32.4. The quantitative estimate of drug-likeness (QED) is 0.127. The van der Waals surface area contributed by atoms with Crippen molar-refractivity contribution in [3.8, 4) is 11.5 Å². The topological polar surface area (TPSA) is 79.1 Å². The number of halogens is 1. The number of esters is 1. The predicted molar refractivity (Wildman–Crippen MR) is 183 cm³/mol. The van der Waals surface area contributed by atoms with Crippen LogP contribution in [0.3, 0.4) is 0 Å². The maximum atomic E-state index is 14.2. The lowest BCUT2D eigenvalue weighted by Crippen LogP contribution is -2.40. The summed E-state index contributed by atoms with van der Waals surface area (Å²) in [6, 6.07) is 28.0. The minimum Gasteiger partial charge on any atom is -0.493 e. The number of benzene rings is 4. The number of rotatable bonds is 10. The number of hydrogen-bond acceptors (Lipinski definition) is 8. The van der Waals surface area contributed by atoms with Crippen molar-refractivity contribution in [3.05, 3.63) is 150 Å². The zero-order valence-electron chi connectivity index (χ0n) is 25.9. The number of ether oxygens (including phenoxy) is 3. The molecule has 0 saturated heterocycles. The van der Waals surface area contributed by atoms with Gasteiger partial charge < -0.3 is 14.2 Å². The summed E-state index contributed by atoms with van der Waals surface area (Å²) in [7, 11) is 1.54. The van der Waals surface area contributed by atoms with E-state index in [9.17, 15) is 14.0 Å². The van der Waals surface area contributed by atoms with Gasteiger partial charge in [-0.05, 0) is 72.3 Å². The summed E-state index contributed by atoms with van der Waals surface area (Å²) in [5.74, 6) is 0.158. The van der Waals surface area contributed by atoms with E-state index in [2.05, 4.69) is 0 Å². The van der Waals surface area contributed by atoms with E-state index < -0.39 is 12.0 Å². The zero-order valence-corrected chi connectivity index (χ0v) is 27.6. The minimum atomic E-state index is -0.754. The second-order valence-electron chi connectivity index (χ2n) is 10.5. The Bertz CT molecular complexity index is 2120. The second-order valence-corrected chi connectivity index (χ2v) is 12.4. The summed E-state index contributed by atoms with van der Waals surface area (Å²) in [5.41, 5.74) is 3.55. The van der Waals surface area contributed by atoms with Gasteiger partial charge in [-0.25, -0.2) is 14.2 Å². The van der Waals surface area contributed by atoms with Crippen LogP contribution in [0.2, 0.25) is 0 Å². The molecule has 10 heteroatoms. The third-order valence-corrected chi connectivity index (χ3v) is 9.32. The first-order valence-corrected chi connectivity index (χ1v) is 16.9. The molecule has 0 N–H and O–H groups in total. The number of thioether (sulfide) groups is 1. The Balaban J connectivity index is 1.46. The normalized spacial score (nSPS) is 14.4. The molecule has 1 atom stereocenters. The van der Waals surface area contributed by atoms with E-state index in [4.69, 9.17) is 19.2 Å². The van der Waals surface area contributed by atoms with Crippen molar-refractivity contribution < 1.29 is 23.4 Å². The van der Waals surface area contributed by atoms with Crippen LogP contribution in [-0.2, 0) is 16.1 Å². The van der Waals surface area contributed by atoms with Crippen molar-refractivity contribution in [2.45, 2.75) is 24.5 Å². The van der Waals surface area contributed by atoms with Crippen LogP contribution in [-0.4, -0.2) is 30.5 Å². The first-order chi connectivity index (χ1) is 22.9. The van der Waals surface area contributed by atoms with Crippen LogP contribution in [0.25, 0.3) is 11.8 Å². The Morgan fingerprint density at radius 1 is 1.00 bits per heavy atom. The lowest BCUT2D eigenvalue weighted by molar-refractivity contribution is -0.138. The molecule has 1 aliphatic rings. The van der Waals surface area contributed by atoms with Crippen molar-refractivity contribution in [1.29, 1.82) is 0 Å². The second kappa shape index (κ2) is 14.2. The summed E-state index contributed by atoms with van der Waals surface area (Å²) in [6.45, 7) is 2.17. The van der Waals surface area contributed by atoms with Crippen molar-refractivity contribution in [2.24, 2.45) is 4.99 Å². The molecule has 0 radical (unpaired) electrons. The molecule has 0 spiro atoms. The summed E-state index contributed by atoms with van der Waals surface area (Å²) in [5, 5.41) is 0. The highest BCUT2D eigenvalue weighted by Crippen LogP contribution is 2.36. The van der Waals surface area contributed by atoms with Crippen LogP contribution >= 0.6 is 23.1 Å². The van der Waals surface area contributed by atoms with E-state index in [1.165, 1.54) is 23.5 Å². The molecule has 4 aromatic carbocycles. The van der Waals surface area contributed by atoms with Crippen LogP contribution in [0, 0.1) is 5.82 Å². The molecular formula is C37H31FN2O5S2. The highest BCUT2D eigenvalue weighted by atomic mass is 32.2. The van der Waals surface area contributed by atoms with Crippen molar-refractivity contribution in [3.63, 3.8) is 0 Å². The van der Waals surface area contributed by atoms with Gasteiger partial charge in [0.1, 0.15) is 12.4 Å². The first kappa shape index (κ1) is 32.0. The van der Waals surface area contributed by atoms with E-state index in [1.54, 1.807) is 60.7 Å². The summed E-state index contributed by atoms with van der Waals surface area (Å²) in [6.07, 6.45) is 3.77. The molecular weight excluding hydrogens is 636 g/mol. The van der Waals surface area contributed by atoms with Gasteiger partial charge in [-0.2, -0.15) is 0 Å². The van der Waals surface area contributed by atoms with E-state index >= 15 is 0 Å². The van der Waals surface area contributed by atoms with E-state index in [1.807, 2.05) is 66.9 Å². The van der Waals surface area contributed by atoms with Crippen LogP contribution in [0.15, 0.2) is 117 Å². The molecule has 1 aliphatic heterocycles. The third-order valence-electron chi connectivity index (χ3n) is 7.60. The fourth-order valence-corrected chi connectivity index (χ4v) is 6.74. The van der Waals surface area contributed by atoms with Crippen molar-refractivity contribution >= 4 is 40.8 Å². The van der Waals surface area contributed by atoms with Crippen molar-refractivity contribution in [2.75, 3.05) is 20.0 Å². The van der Waals surface area contributed by atoms with Crippen molar-refractivity contribution in [1.82, 2.24) is 4.57 Å². The highest BCUT2D eigenvalue weighted by molar-refractivity contribution is 7.98. The Morgan fingerprint density at radius 3 is 2.43 bits per heavy atom. The molecule has 238 valence electrons. The van der Waals surface area contributed by atoms with Crippen LogP contribution < -0.4 is 24.4 Å². The number of nitrogens with zero attached hydrogens (tertiary/aromatic N) is 2. The molecule has 0 amide bonds. The van der Waals surface area contributed by atoms with E-state index in [-0.39, 0.29) is 24.6 Å². The van der Waals surface area contributed by atoms with Crippen LogP contribution in [0.4, 0.5) is 4.39 Å². The molecule has 0 fully saturated rings. The molecule has 7 nitrogen and oxygen atoms in total. The maximum Gasteiger partial charge on any atom is 0.338 e. The van der Waals surface area contributed by atoms with Gasteiger partial charge in [0.05, 0.1) is 35.6 Å². The molecule has 0 unspecified atom stereocenters. The SMILES string of the molecule is CCOC(=O)C1=C(c2ccccc2)N=c2s/c(=C\c3ccc(OCc4ccc(F)cc4)c(OC)c3)c(=O)n2[C@H]1c1ccc(SC)cc1. The molecule has 2 heterocycles. The molecule has 6 rings (SSSR count). The third kappa shape index (κ3) is 6.79. The average molecular weight is 667 g/mol. The molecule has 5 aromatic rings. The largest absolute Gasteiger partial charge is 0.493 e. The average Bonchev–Trinajstić information content (AvgIpc) is 3.41. The molecule has 47 heavy (non-hydrogen) atoms. The van der Waals surface area contributed by atoms with Gasteiger partial charge in [-0.3, -0.25) is 9.36 Å². The number of methoxy groups -OCH3 is 1. The van der Waals surface area contributed by atoms with Crippen LogP contribution in [0.1, 0.15) is 35.2 Å². The van der Waals surface area contributed by atoms with Gasteiger partial charge in [0, 0.05) is 10.5 Å². The van der Waals surface area contributed by atoms with Gasteiger partial charge in [0.25, 0.3) is 5.56 Å². The van der Waals surface area contributed by atoms with Gasteiger partial charge in [-0.1, -0.05) is 72.0 Å². The van der Waals surface area contributed by atoms with E-state index in [0.29, 0.717) is 32.1 Å². The molecule has 0 aliphatic carbocycles. The Labute approximate surface area is 279 Å². The maximum absolute atomic E-state index is 14.2. The smallest absolute Gasteiger partial charge is 0.338 e. The first-order valence-electron chi connectivity index (χ1n) is 14.9.